The summed E-state index contributed by atoms with van der Waals surface area (Å²) in [6.07, 6.45) is 1.75. The smallest absolute Gasteiger partial charge is 0.229 e. The summed E-state index contributed by atoms with van der Waals surface area (Å²) < 4.78 is 7.50. The lowest BCUT2D eigenvalue weighted by molar-refractivity contribution is -0.117. The Morgan fingerprint density at radius 3 is 2.69 bits per heavy atom. The van der Waals surface area contributed by atoms with Gasteiger partial charge in [-0.25, -0.2) is 4.68 Å². The molecule has 2 aromatic carbocycles. The number of anilines is 1. The van der Waals surface area contributed by atoms with Crippen molar-refractivity contribution in [1.29, 1.82) is 5.26 Å². The number of hydrogen-bond donors (Lipinski definition) is 1. The van der Waals surface area contributed by atoms with Crippen LogP contribution in [-0.2, 0) is 11.4 Å². The topological polar surface area (TPSA) is 92.8 Å². The van der Waals surface area contributed by atoms with Crippen LogP contribution in [-0.4, -0.2) is 20.7 Å². The number of rotatable bonds is 4. The van der Waals surface area contributed by atoms with Crippen molar-refractivity contribution in [2.45, 2.75) is 19.1 Å². The minimum absolute atomic E-state index is 0.0726. The molecule has 1 aromatic heterocycles. The monoisotopic (exact) mass is 345 g/mol. The van der Waals surface area contributed by atoms with Crippen LogP contribution in [0.4, 0.5) is 5.95 Å². The SMILES string of the molecule is N#Cc1ccc(COc2ccc(C3CC(=O)Nc4ncnn43)cc2)cc1. The first-order valence-electron chi connectivity index (χ1n) is 8.14. The minimum atomic E-state index is -0.172. The van der Waals surface area contributed by atoms with Crippen LogP contribution in [0, 0.1) is 11.3 Å². The summed E-state index contributed by atoms with van der Waals surface area (Å²) in [6.45, 7) is 0.421. The zero-order valence-electron chi connectivity index (χ0n) is 13.8. The Morgan fingerprint density at radius 1 is 1.19 bits per heavy atom. The molecule has 0 saturated carbocycles. The third-order valence-corrected chi connectivity index (χ3v) is 4.25. The first kappa shape index (κ1) is 15.8. The maximum absolute atomic E-state index is 11.8. The standard InChI is InChI=1S/C19H15N5O2/c20-10-13-1-3-14(4-2-13)11-26-16-7-5-15(6-8-16)17-9-18(25)23-19-21-12-22-24(17)19/h1-8,12,17H,9,11H2,(H,21,22,23,25). The minimum Gasteiger partial charge on any atom is -0.489 e. The van der Waals surface area contributed by atoms with Gasteiger partial charge in [0.05, 0.1) is 24.1 Å². The molecule has 1 unspecified atom stereocenters. The molecule has 26 heavy (non-hydrogen) atoms. The molecule has 128 valence electrons. The Balaban J connectivity index is 1.46. The summed E-state index contributed by atoms with van der Waals surface area (Å²) in [5.74, 6) is 1.13. The predicted octanol–water partition coefficient (Wildman–Crippen LogP) is 2.66. The molecule has 4 rings (SSSR count). The molecule has 3 aromatic rings. The van der Waals surface area contributed by atoms with Gasteiger partial charge in [-0.2, -0.15) is 15.3 Å². The molecule has 1 N–H and O–H groups in total. The van der Waals surface area contributed by atoms with Gasteiger partial charge in [0.1, 0.15) is 18.7 Å². The molecule has 0 spiro atoms. The van der Waals surface area contributed by atoms with Gasteiger partial charge >= 0.3 is 0 Å². The summed E-state index contributed by atoms with van der Waals surface area (Å²) in [5, 5.41) is 15.7. The van der Waals surface area contributed by atoms with Gasteiger partial charge in [0, 0.05) is 0 Å². The van der Waals surface area contributed by atoms with Crippen LogP contribution in [0.15, 0.2) is 54.9 Å². The highest BCUT2D eigenvalue weighted by molar-refractivity contribution is 5.91. The van der Waals surface area contributed by atoms with Crippen molar-refractivity contribution >= 4 is 11.9 Å². The zero-order chi connectivity index (χ0) is 17.9. The molecule has 1 aliphatic heterocycles. The second-order valence-electron chi connectivity index (χ2n) is 5.96. The maximum atomic E-state index is 11.8. The highest BCUT2D eigenvalue weighted by atomic mass is 16.5. The van der Waals surface area contributed by atoms with Crippen LogP contribution >= 0.6 is 0 Å². The number of nitrogens with one attached hydrogen (secondary N) is 1. The lowest BCUT2D eigenvalue weighted by Gasteiger charge is -2.23. The third kappa shape index (κ3) is 3.13. The normalized spacial score (nSPS) is 15.7. The molecule has 0 saturated heterocycles. The number of nitrogens with zero attached hydrogens (tertiary/aromatic N) is 4. The second-order valence-corrected chi connectivity index (χ2v) is 5.96. The van der Waals surface area contributed by atoms with E-state index in [1.165, 1.54) is 6.33 Å². The van der Waals surface area contributed by atoms with Crippen LogP contribution in [0.25, 0.3) is 0 Å². The molecular weight excluding hydrogens is 330 g/mol. The fraction of sp³-hybridized carbons (Fsp3) is 0.158. The number of benzene rings is 2. The molecule has 0 aliphatic carbocycles. The lowest BCUT2D eigenvalue weighted by atomic mass is 10.0. The van der Waals surface area contributed by atoms with Crippen molar-refractivity contribution in [3.05, 3.63) is 71.5 Å². The van der Waals surface area contributed by atoms with Crippen LogP contribution in [0.3, 0.4) is 0 Å². The molecular formula is C19H15N5O2. The van der Waals surface area contributed by atoms with E-state index in [-0.39, 0.29) is 11.9 Å². The van der Waals surface area contributed by atoms with E-state index < -0.39 is 0 Å². The number of aromatic nitrogens is 3. The highest BCUT2D eigenvalue weighted by Gasteiger charge is 2.27. The van der Waals surface area contributed by atoms with E-state index in [2.05, 4.69) is 21.5 Å². The van der Waals surface area contributed by atoms with E-state index in [0.717, 1.165) is 16.9 Å². The van der Waals surface area contributed by atoms with Gasteiger partial charge < -0.3 is 4.74 Å². The Labute approximate surface area is 149 Å². The van der Waals surface area contributed by atoms with E-state index in [1.807, 2.05) is 36.4 Å². The predicted molar refractivity (Wildman–Crippen MR) is 93.3 cm³/mol. The number of carbonyl (C=O) groups excluding carboxylic acids is 1. The van der Waals surface area contributed by atoms with E-state index in [9.17, 15) is 4.79 Å². The van der Waals surface area contributed by atoms with Gasteiger partial charge in [-0.15, -0.1) is 0 Å². The summed E-state index contributed by atoms with van der Waals surface area (Å²) in [4.78, 5) is 15.9. The van der Waals surface area contributed by atoms with E-state index in [1.54, 1.807) is 16.8 Å². The first-order chi connectivity index (χ1) is 12.7. The Kier molecular flexibility index (Phi) is 4.07. The fourth-order valence-electron chi connectivity index (χ4n) is 2.89. The van der Waals surface area contributed by atoms with E-state index >= 15 is 0 Å². The molecule has 0 fully saturated rings. The molecule has 1 atom stereocenters. The fourth-order valence-corrected chi connectivity index (χ4v) is 2.89. The van der Waals surface area contributed by atoms with Gasteiger partial charge in [0.25, 0.3) is 0 Å². The quantitative estimate of drug-likeness (QED) is 0.785. The number of nitriles is 1. The van der Waals surface area contributed by atoms with E-state index in [4.69, 9.17) is 10.00 Å². The molecule has 0 radical (unpaired) electrons. The van der Waals surface area contributed by atoms with Gasteiger partial charge in [0.15, 0.2) is 0 Å². The molecule has 2 heterocycles. The molecule has 1 aliphatic rings. The van der Waals surface area contributed by atoms with Crippen molar-refractivity contribution < 1.29 is 9.53 Å². The van der Waals surface area contributed by atoms with Crippen molar-refractivity contribution in [3.8, 4) is 11.8 Å². The number of carbonyl (C=O) groups is 1. The maximum Gasteiger partial charge on any atom is 0.229 e. The molecule has 7 heteroatoms. The summed E-state index contributed by atoms with van der Waals surface area (Å²) in [7, 11) is 0. The molecule has 0 bridgehead atoms. The number of fused-ring (bicyclic) bond motifs is 1. The van der Waals surface area contributed by atoms with Crippen molar-refractivity contribution in [2.24, 2.45) is 0 Å². The Hall–Kier alpha value is -3.66. The van der Waals surface area contributed by atoms with Gasteiger partial charge in [0.2, 0.25) is 11.9 Å². The first-order valence-corrected chi connectivity index (χ1v) is 8.14. The van der Waals surface area contributed by atoms with Crippen LogP contribution < -0.4 is 10.1 Å². The average molecular weight is 345 g/mol. The number of ether oxygens (including phenoxy) is 1. The second kappa shape index (κ2) is 6.69. The summed E-state index contributed by atoms with van der Waals surface area (Å²) in [5.41, 5.74) is 2.59. The lowest BCUT2D eigenvalue weighted by Crippen LogP contribution is -2.29. The van der Waals surface area contributed by atoms with Crippen molar-refractivity contribution in [1.82, 2.24) is 14.8 Å². The highest BCUT2D eigenvalue weighted by Crippen LogP contribution is 2.29. The van der Waals surface area contributed by atoms with Crippen LogP contribution in [0.2, 0.25) is 0 Å². The largest absolute Gasteiger partial charge is 0.489 e. The van der Waals surface area contributed by atoms with Crippen molar-refractivity contribution in [3.63, 3.8) is 0 Å². The van der Waals surface area contributed by atoms with E-state index in [0.29, 0.717) is 24.5 Å². The third-order valence-electron chi connectivity index (χ3n) is 4.25. The zero-order valence-corrected chi connectivity index (χ0v) is 13.8. The van der Waals surface area contributed by atoms with Gasteiger partial charge in [-0.1, -0.05) is 24.3 Å². The molecule has 7 nitrogen and oxygen atoms in total. The molecule has 1 amide bonds. The van der Waals surface area contributed by atoms with Gasteiger partial charge in [-0.05, 0) is 35.4 Å². The average Bonchev–Trinajstić information content (AvgIpc) is 3.15. The van der Waals surface area contributed by atoms with Crippen LogP contribution in [0.1, 0.15) is 29.2 Å². The summed E-state index contributed by atoms with van der Waals surface area (Å²) in [6, 6.07) is 16.8. The summed E-state index contributed by atoms with van der Waals surface area (Å²) >= 11 is 0. The van der Waals surface area contributed by atoms with Gasteiger partial charge in [-0.3, -0.25) is 10.1 Å². The van der Waals surface area contributed by atoms with Crippen LogP contribution in [0.5, 0.6) is 5.75 Å². The number of amides is 1. The number of hydrogen-bond acceptors (Lipinski definition) is 5. The Bertz CT molecular complexity index is 970. The Morgan fingerprint density at radius 2 is 1.96 bits per heavy atom. The van der Waals surface area contributed by atoms with Crippen molar-refractivity contribution in [2.75, 3.05) is 5.32 Å².